The van der Waals surface area contributed by atoms with E-state index in [9.17, 15) is 20.2 Å². The van der Waals surface area contributed by atoms with Gasteiger partial charge in [-0.15, -0.1) is 0 Å². The van der Waals surface area contributed by atoms with Crippen molar-refractivity contribution in [2.24, 2.45) is 0 Å². The van der Waals surface area contributed by atoms with Gasteiger partial charge in [-0.1, -0.05) is 31.5 Å². The molecule has 0 saturated carbocycles. The minimum Gasteiger partial charge on any atom is -0.339 e. The third-order valence-corrected chi connectivity index (χ3v) is 5.10. The number of nitro benzene ring substituents is 1. The fourth-order valence-electron chi connectivity index (χ4n) is 3.71. The zero-order valence-electron chi connectivity index (χ0n) is 15.8. The molecular weight excluding hydrogens is 368 g/mol. The third kappa shape index (κ3) is 2.95. The Morgan fingerprint density at radius 1 is 1.10 bits per heavy atom. The Kier molecular flexibility index (Phi) is 4.61. The van der Waals surface area contributed by atoms with Gasteiger partial charge in [0.25, 0.3) is 11.2 Å². The first-order chi connectivity index (χ1) is 14.1. The Morgan fingerprint density at radius 2 is 1.83 bits per heavy atom. The number of benzene rings is 2. The SMILES string of the molecule is CCCCn1c2ccccc2c2c1cc(C#N)c(=O)n2-c1ccc([N+](=O)[O-])cc1. The lowest BCUT2D eigenvalue weighted by Gasteiger charge is -2.11. The summed E-state index contributed by atoms with van der Waals surface area (Å²) in [6, 6.07) is 17.3. The van der Waals surface area contributed by atoms with Gasteiger partial charge in [-0.2, -0.15) is 5.26 Å². The van der Waals surface area contributed by atoms with E-state index >= 15 is 0 Å². The van der Waals surface area contributed by atoms with Crippen molar-refractivity contribution in [2.75, 3.05) is 0 Å². The molecule has 2 aromatic carbocycles. The van der Waals surface area contributed by atoms with Crippen molar-refractivity contribution in [2.45, 2.75) is 26.3 Å². The Bertz CT molecular complexity index is 1340. The molecule has 0 spiro atoms. The molecule has 0 aliphatic carbocycles. The van der Waals surface area contributed by atoms with Gasteiger partial charge in [0.1, 0.15) is 11.6 Å². The summed E-state index contributed by atoms with van der Waals surface area (Å²) in [6.07, 6.45) is 1.98. The Labute approximate surface area is 166 Å². The van der Waals surface area contributed by atoms with Crippen LogP contribution in [-0.4, -0.2) is 14.1 Å². The van der Waals surface area contributed by atoms with E-state index in [1.807, 2.05) is 30.3 Å². The van der Waals surface area contributed by atoms with E-state index in [1.165, 1.54) is 28.8 Å². The summed E-state index contributed by atoms with van der Waals surface area (Å²) in [6.45, 7) is 2.88. The number of fused-ring (bicyclic) bond motifs is 3. The molecule has 0 N–H and O–H groups in total. The number of non-ortho nitro benzene ring substituents is 1. The van der Waals surface area contributed by atoms with Crippen molar-refractivity contribution in [1.82, 2.24) is 9.13 Å². The van der Waals surface area contributed by atoms with Crippen LogP contribution in [0.5, 0.6) is 0 Å². The fraction of sp³-hybridized carbons (Fsp3) is 0.182. The van der Waals surface area contributed by atoms with Crippen LogP contribution in [0.2, 0.25) is 0 Å². The van der Waals surface area contributed by atoms with Gasteiger partial charge in [0, 0.05) is 29.8 Å². The molecule has 4 rings (SSSR count). The molecule has 0 fully saturated rings. The van der Waals surface area contributed by atoms with E-state index in [-0.39, 0.29) is 11.3 Å². The first kappa shape index (κ1) is 18.4. The van der Waals surface area contributed by atoms with E-state index in [2.05, 4.69) is 11.5 Å². The normalized spacial score (nSPS) is 11.0. The highest BCUT2D eigenvalue weighted by atomic mass is 16.6. The monoisotopic (exact) mass is 386 g/mol. The Hall–Kier alpha value is -3.92. The van der Waals surface area contributed by atoms with Crippen LogP contribution in [-0.2, 0) is 6.54 Å². The van der Waals surface area contributed by atoms with Gasteiger partial charge in [-0.25, -0.2) is 0 Å². The number of pyridine rings is 1. The summed E-state index contributed by atoms with van der Waals surface area (Å²) >= 11 is 0. The van der Waals surface area contributed by atoms with Gasteiger partial charge >= 0.3 is 0 Å². The highest BCUT2D eigenvalue weighted by molar-refractivity contribution is 6.07. The number of nitro groups is 1. The smallest absolute Gasteiger partial charge is 0.273 e. The van der Waals surface area contributed by atoms with Gasteiger partial charge in [0.2, 0.25) is 0 Å². The van der Waals surface area contributed by atoms with E-state index < -0.39 is 10.5 Å². The highest BCUT2D eigenvalue weighted by Crippen LogP contribution is 2.31. The predicted molar refractivity (Wildman–Crippen MR) is 111 cm³/mol. The molecule has 4 aromatic rings. The second kappa shape index (κ2) is 7.24. The molecule has 0 aliphatic heterocycles. The lowest BCUT2D eigenvalue weighted by molar-refractivity contribution is -0.384. The van der Waals surface area contributed by atoms with Crippen LogP contribution in [0.4, 0.5) is 5.69 Å². The number of nitrogens with zero attached hydrogens (tertiary/aromatic N) is 4. The molecule has 0 aliphatic rings. The second-order valence-corrected chi connectivity index (χ2v) is 6.84. The summed E-state index contributed by atoms with van der Waals surface area (Å²) in [7, 11) is 0. The largest absolute Gasteiger partial charge is 0.339 e. The van der Waals surface area contributed by atoms with Crippen molar-refractivity contribution in [3.8, 4) is 11.8 Å². The number of hydrogen-bond acceptors (Lipinski definition) is 4. The van der Waals surface area contributed by atoms with E-state index in [4.69, 9.17) is 0 Å². The lowest BCUT2D eigenvalue weighted by Crippen LogP contribution is -2.21. The third-order valence-electron chi connectivity index (χ3n) is 5.10. The maximum atomic E-state index is 13.1. The Morgan fingerprint density at radius 3 is 2.48 bits per heavy atom. The molecule has 0 atom stereocenters. The average Bonchev–Trinajstić information content (AvgIpc) is 3.05. The lowest BCUT2D eigenvalue weighted by atomic mass is 10.2. The summed E-state index contributed by atoms with van der Waals surface area (Å²) in [5.74, 6) is 0. The Balaban J connectivity index is 2.13. The van der Waals surface area contributed by atoms with Crippen LogP contribution < -0.4 is 5.56 Å². The molecule has 144 valence electrons. The van der Waals surface area contributed by atoms with Crippen molar-refractivity contribution in [3.05, 3.63) is 80.6 Å². The summed E-state index contributed by atoms with van der Waals surface area (Å²) < 4.78 is 3.62. The molecule has 0 saturated heterocycles. The van der Waals surface area contributed by atoms with E-state index in [0.717, 1.165) is 35.8 Å². The minimum absolute atomic E-state index is 0.0383. The average molecular weight is 386 g/mol. The maximum Gasteiger partial charge on any atom is 0.273 e. The molecule has 2 heterocycles. The van der Waals surface area contributed by atoms with Gasteiger partial charge in [-0.05, 0) is 30.7 Å². The molecule has 0 radical (unpaired) electrons. The predicted octanol–water partition coefficient (Wildman–Crippen LogP) is 4.53. The summed E-state index contributed by atoms with van der Waals surface area (Å²) in [4.78, 5) is 23.6. The van der Waals surface area contributed by atoms with Crippen molar-refractivity contribution < 1.29 is 4.92 Å². The van der Waals surface area contributed by atoms with Crippen molar-refractivity contribution >= 4 is 27.6 Å². The molecule has 0 bridgehead atoms. The van der Waals surface area contributed by atoms with Gasteiger partial charge in [-0.3, -0.25) is 19.5 Å². The van der Waals surface area contributed by atoms with Gasteiger partial charge in [0.05, 0.1) is 21.5 Å². The van der Waals surface area contributed by atoms with Crippen LogP contribution in [0.1, 0.15) is 25.3 Å². The number of aromatic nitrogens is 2. The second-order valence-electron chi connectivity index (χ2n) is 6.84. The summed E-state index contributed by atoms with van der Waals surface area (Å²) in [5.41, 5.74) is 2.52. The zero-order valence-corrected chi connectivity index (χ0v) is 15.8. The van der Waals surface area contributed by atoms with Gasteiger partial charge < -0.3 is 4.57 Å². The van der Waals surface area contributed by atoms with Crippen LogP contribution in [0, 0.1) is 21.4 Å². The van der Waals surface area contributed by atoms with Crippen LogP contribution in [0.25, 0.3) is 27.6 Å². The maximum absolute atomic E-state index is 13.1. The first-order valence-corrected chi connectivity index (χ1v) is 9.38. The molecule has 29 heavy (non-hydrogen) atoms. The molecule has 7 heteroatoms. The number of nitriles is 1. The molecular formula is C22H18N4O3. The number of hydrogen-bond donors (Lipinski definition) is 0. The number of rotatable bonds is 5. The van der Waals surface area contributed by atoms with E-state index in [1.54, 1.807) is 6.07 Å². The van der Waals surface area contributed by atoms with Crippen LogP contribution in [0.3, 0.4) is 0 Å². The number of unbranched alkanes of at least 4 members (excludes halogenated alkanes) is 1. The topological polar surface area (TPSA) is 93.9 Å². The highest BCUT2D eigenvalue weighted by Gasteiger charge is 2.19. The van der Waals surface area contributed by atoms with Crippen molar-refractivity contribution in [3.63, 3.8) is 0 Å². The molecule has 7 nitrogen and oxygen atoms in total. The molecule has 2 aromatic heterocycles. The van der Waals surface area contributed by atoms with Crippen molar-refractivity contribution in [1.29, 1.82) is 5.26 Å². The first-order valence-electron chi connectivity index (χ1n) is 9.38. The van der Waals surface area contributed by atoms with E-state index in [0.29, 0.717) is 11.2 Å². The fourth-order valence-corrected chi connectivity index (χ4v) is 3.71. The quantitative estimate of drug-likeness (QED) is 0.372. The van der Waals surface area contributed by atoms with Gasteiger partial charge in [0.15, 0.2) is 0 Å². The minimum atomic E-state index is -0.482. The standard InChI is InChI=1S/C22H18N4O3/c1-2-3-12-24-19-7-5-4-6-18(19)21-20(24)13-15(14-23)22(27)25(21)16-8-10-17(11-9-16)26(28)29/h4-11,13H,2-3,12H2,1H3. The zero-order chi connectivity index (χ0) is 20.5. The summed E-state index contributed by atoms with van der Waals surface area (Å²) in [5, 5.41) is 21.4. The van der Waals surface area contributed by atoms with Crippen LogP contribution in [0.15, 0.2) is 59.4 Å². The number of para-hydroxylation sites is 1. The van der Waals surface area contributed by atoms with Crippen LogP contribution >= 0.6 is 0 Å². The molecule has 0 amide bonds. The molecule has 0 unspecified atom stereocenters. The number of aryl methyl sites for hydroxylation is 1.